The first-order chi connectivity index (χ1) is 12.0. The molecule has 0 bridgehead atoms. The van der Waals surface area contributed by atoms with Gasteiger partial charge >= 0.3 is 6.03 Å². The molecule has 0 aliphatic carbocycles. The van der Waals surface area contributed by atoms with E-state index in [1.165, 1.54) is 0 Å². The molecule has 0 spiro atoms. The molecule has 0 radical (unpaired) electrons. The van der Waals surface area contributed by atoms with Crippen molar-refractivity contribution in [2.75, 3.05) is 39.3 Å². The maximum absolute atomic E-state index is 13.1. The van der Waals surface area contributed by atoms with E-state index in [-0.39, 0.29) is 23.8 Å². The summed E-state index contributed by atoms with van der Waals surface area (Å²) in [5, 5.41) is 0. The molecule has 1 aliphatic rings. The molecular formula is C20H31N3O2. The van der Waals surface area contributed by atoms with Crippen LogP contribution < -0.4 is 0 Å². The molecule has 3 amide bonds. The normalized spacial score (nSPS) is 16.0. The molecule has 1 aromatic rings. The highest BCUT2D eigenvalue weighted by atomic mass is 16.2. The van der Waals surface area contributed by atoms with E-state index in [1.807, 2.05) is 58.9 Å². The molecule has 2 rings (SSSR count). The van der Waals surface area contributed by atoms with Crippen LogP contribution in [0.4, 0.5) is 4.79 Å². The molecule has 25 heavy (non-hydrogen) atoms. The zero-order chi connectivity index (χ0) is 18.4. The molecule has 0 saturated carbocycles. The van der Waals surface area contributed by atoms with Crippen LogP contribution in [0.25, 0.3) is 0 Å². The van der Waals surface area contributed by atoms with Gasteiger partial charge in [-0.3, -0.25) is 4.79 Å². The minimum atomic E-state index is -0.119. The minimum Gasteiger partial charge on any atom is -0.339 e. The van der Waals surface area contributed by atoms with Crippen molar-refractivity contribution >= 4 is 11.9 Å². The lowest BCUT2D eigenvalue weighted by molar-refractivity contribution is -0.135. The Morgan fingerprint density at radius 1 is 0.960 bits per heavy atom. The summed E-state index contributed by atoms with van der Waals surface area (Å²) in [4.78, 5) is 31.1. The van der Waals surface area contributed by atoms with Crippen molar-refractivity contribution < 1.29 is 9.59 Å². The van der Waals surface area contributed by atoms with Gasteiger partial charge < -0.3 is 14.7 Å². The number of carbonyl (C=O) groups excluding carboxylic acids is 2. The summed E-state index contributed by atoms with van der Waals surface area (Å²) in [6.07, 6.45) is 0. The zero-order valence-electron chi connectivity index (χ0n) is 15.9. The highest BCUT2D eigenvalue weighted by Crippen LogP contribution is 2.27. The van der Waals surface area contributed by atoms with Crippen LogP contribution in [0.15, 0.2) is 30.3 Å². The van der Waals surface area contributed by atoms with Crippen molar-refractivity contribution in [2.24, 2.45) is 5.92 Å². The summed E-state index contributed by atoms with van der Waals surface area (Å²) in [6.45, 7) is 12.1. The Balaban J connectivity index is 2.01. The number of nitrogens with zero attached hydrogens (tertiary/aromatic N) is 3. The van der Waals surface area contributed by atoms with Gasteiger partial charge in [-0.05, 0) is 25.3 Å². The van der Waals surface area contributed by atoms with Crippen molar-refractivity contribution in [3.05, 3.63) is 35.9 Å². The summed E-state index contributed by atoms with van der Waals surface area (Å²) in [5.41, 5.74) is 1.07. The van der Waals surface area contributed by atoms with Crippen LogP contribution in [-0.4, -0.2) is 65.9 Å². The summed E-state index contributed by atoms with van der Waals surface area (Å²) in [6, 6.07) is 10.1. The third-order valence-corrected chi connectivity index (χ3v) is 4.99. The van der Waals surface area contributed by atoms with E-state index in [9.17, 15) is 9.59 Å². The quantitative estimate of drug-likeness (QED) is 0.823. The van der Waals surface area contributed by atoms with Gasteiger partial charge in [0.05, 0.1) is 5.92 Å². The average Bonchev–Trinajstić information content (AvgIpc) is 2.63. The fraction of sp³-hybridized carbons (Fsp3) is 0.600. The first-order valence-electron chi connectivity index (χ1n) is 9.37. The van der Waals surface area contributed by atoms with Crippen molar-refractivity contribution in [2.45, 2.75) is 33.6 Å². The van der Waals surface area contributed by atoms with Crippen molar-refractivity contribution in [3.8, 4) is 0 Å². The predicted octanol–water partition coefficient (Wildman–Crippen LogP) is 3.03. The Morgan fingerprint density at radius 2 is 1.48 bits per heavy atom. The topological polar surface area (TPSA) is 43.9 Å². The van der Waals surface area contributed by atoms with Gasteiger partial charge in [0.15, 0.2) is 0 Å². The maximum Gasteiger partial charge on any atom is 0.320 e. The molecule has 1 aliphatic heterocycles. The third kappa shape index (κ3) is 4.53. The third-order valence-electron chi connectivity index (χ3n) is 4.99. The van der Waals surface area contributed by atoms with Gasteiger partial charge in [-0.25, -0.2) is 4.79 Å². The molecule has 1 unspecified atom stereocenters. The highest BCUT2D eigenvalue weighted by molar-refractivity contribution is 5.84. The second-order valence-corrected chi connectivity index (χ2v) is 6.90. The molecule has 5 nitrogen and oxygen atoms in total. The van der Waals surface area contributed by atoms with Gasteiger partial charge in [-0.2, -0.15) is 0 Å². The number of hydrogen-bond acceptors (Lipinski definition) is 2. The first-order valence-corrected chi connectivity index (χ1v) is 9.37. The van der Waals surface area contributed by atoms with Gasteiger partial charge in [0, 0.05) is 39.3 Å². The predicted molar refractivity (Wildman–Crippen MR) is 100 cm³/mol. The van der Waals surface area contributed by atoms with Crippen LogP contribution in [0, 0.1) is 5.92 Å². The average molecular weight is 345 g/mol. The molecule has 1 aromatic carbocycles. The van der Waals surface area contributed by atoms with Crippen LogP contribution in [0.1, 0.15) is 39.2 Å². The number of benzene rings is 1. The SMILES string of the molecule is CCN(CC)C(=O)N1CCN(C(=O)C(c2ccccc2)C(C)C)CC1. The second kappa shape index (κ2) is 8.88. The molecule has 138 valence electrons. The van der Waals surface area contributed by atoms with Gasteiger partial charge in [-0.15, -0.1) is 0 Å². The fourth-order valence-electron chi connectivity index (χ4n) is 3.48. The lowest BCUT2D eigenvalue weighted by atomic mass is 9.87. The Bertz CT molecular complexity index is 562. The zero-order valence-corrected chi connectivity index (χ0v) is 15.9. The number of carbonyl (C=O) groups is 2. The smallest absolute Gasteiger partial charge is 0.320 e. The molecule has 1 heterocycles. The molecule has 0 aromatic heterocycles. The van der Waals surface area contributed by atoms with Crippen LogP contribution in [0.5, 0.6) is 0 Å². The number of rotatable bonds is 5. The molecule has 0 N–H and O–H groups in total. The van der Waals surface area contributed by atoms with Crippen LogP contribution in [-0.2, 0) is 4.79 Å². The molecule has 1 saturated heterocycles. The van der Waals surface area contributed by atoms with Crippen molar-refractivity contribution in [1.29, 1.82) is 0 Å². The van der Waals surface area contributed by atoms with E-state index < -0.39 is 0 Å². The van der Waals surface area contributed by atoms with E-state index in [4.69, 9.17) is 0 Å². The summed E-state index contributed by atoms with van der Waals surface area (Å²) >= 11 is 0. The molecule has 1 atom stereocenters. The maximum atomic E-state index is 13.1. The summed E-state index contributed by atoms with van der Waals surface area (Å²) in [5.74, 6) is 0.299. The van der Waals surface area contributed by atoms with Crippen LogP contribution in [0.3, 0.4) is 0 Å². The first kappa shape index (κ1) is 19.3. The van der Waals surface area contributed by atoms with E-state index in [0.29, 0.717) is 26.2 Å². The minimum absolute atomic E-state index is 0.0839. The number of hydrogen-bond donors (Lipinski definition) is 0. The standard InChI is InChI=1S/C20H31N3O2/c1-5-21(6-2)20(25)23-14-12-22(13-15-23)19(24)18(16(3)4)17-10-8-7-9-11-17/h7-11,16,18H,5-6,12-15H2,1-4H3. The monoisotopic (exact) mass is 345 g/mol. The number of amides is 3. The van der Waals surface area contributed by atoms with Crippen LogP contribution in [0.2, 0.25) is 0 Å². The summed E-state index contributed by atoms with van der Waals surface area (Å²) < 4.78 is 0. The number of piperazine rings is 1. The van der Waals surface area contributed by atoms with Crippen molar-refractivity contribution in [1.82, 2.24) is 14.7 Å². The Hall–Kier alpha value is -2.04. The lowest BCUT2D eigenvalue weighted by Crippen LogP contribution is -2.55. The van der Waals surface area contributed by atoms with E-state index in [2.05, 4.69) is 13.8 Å². The molecule has 1 fully saturated rings. The highest BCUT2D eigenvalue weighted by Gasteiger charge is 2.32. The van der Waals surface area contributed by atoms with E-state index in [1.54, 1.807) is 0 Å². The largest absolute Gasteiger partial charge is 0.339 e. The fourth-order valence-corrected chi connectivity index (χ4v) is 3.48. The summed E-state index contributed by atoms with van der Waals surface area (Å²) in [7, 11) is 0. The van der Waals surface area contributed by atoms with Gasteiger partial charge in [0.2, 0.25) is 5.91 Å². The van der Waals surface area contributed by atoms with Crippen LogP contribution >= 0.6 is 0 Å². The Labute approximate surface area is 151 Å². The lowest BCUT2D eigenvalue weighted by Gasteiger charge is -2.39. The Kier molecular flexibility index (Phi) is 6.85. The number of urea groups is 1. The van der Waals surface area contributed by atoms with Crippen molar-refractivity contribution in [3.63, 3.8) is 0 Å². The van der Waals surface area contributed by atoms with E-state index in [0.717, 1.165) is 18.7 Å². The van der Waals surface area contributed by atoms with Gasteiger partial charge in [-0.1, -0.05) is 44.2 Å². The van der Waals surface area contributed by atoms with E-state index >= 15 is 0 Å². The molecular weight excluding hydrogens is 314 g/mol. The second-order valence-electron chi connectivity index (χ2n) is 6.90. The van der Waals surface area contributed by atoms with Gasteiger partial charge in [0.25, 0.3) is 0 Å². The van der Waals surface area contributed by atoms with Gasteiger partial charge in [0.1, 0.15) is 0 Å². The Morgan fingerprint density at radius 3 is 1.96 bits per heavy atom. The molecule has 5 heteroatoms.